The summed E-state index contributed by atoms with van der Waals surface area (Å²) in [6, 6.07) is 6.75. The summed E-state index contributed by atoms with van der Waals surface area (Å²) < 4.78 is 0. The van der Waals surface area contributed by atoms with Gasteiger partial charge in [0.2, 0.25) is 0 Å². The van der Waals surface area contributed by atoms with E-state index in [1.807, 2.05) is 12.1 Å². The number of hydrogen-bond acceptors (Lipinski definition) is 3. The lowest BCUT2D eigenvalue weighted by molar-refractivity contribution is 0.711. The average molecular weight is 215 g/mol. The van der Waals surface area contributed by atoms with Crippen LogP contribution < -0.4 is 4.90 Å². The molecular weight excluding hydrogens is 198 g/mol. The Morgan fingerprint density at radius 1 is 1.56 bits per heavy atom. The Morgan fingerprint density at radius 2 is 2.38 bits per heavy atom. The van der Waals surface area contributed by atoms with Crippen LogP contribution in [0.15, 0.2) is 18.3 Å². The molecule has 0 bridgehead atoms. The second-order valence-electron chi connectivity index (χ2n) is 4.26. The van der Waals surface area contributed by atoms with Gasteiger partial charge in [-0.05, 0) is 31.4 Å². The van der Waals surface area contributed by atoms with Crippen molar-refractivity contribution >= 4 is 5.69 Å². The molecule has 0 spiro atoms. The zero-order valence-electron chi connectivity index (χ0n) is 9.69. The minimum absolute atomic E-state index is 0.561. The van der Waals surface area contributed by atoms with E-state index in [0.717, 1.165) is 12.2 Å². The predicted molar refractivity (Wildman–Crippen MR) is 64.2 cm³/mol. The zero-order valence-corrected chi connectivity index (χ0v) is 9.69. The van der Waals surface area contributed by atoms with Gasteiger partial charge in [0.05, 0.1) is 5.69 Å². The Labute approximate surface area is 96.7 Å². The van der Waals surface area contributed by atoms with Gasteiger partial charge in [0.1, 0.15) is 6.07 Å². The standard InChI is InChI=1S/C13H17N3/c1-2-3-9-16(11-6-7-11)13-5-4-8-15-12(13)10-14/h4-5,8,11H,2-3,6-7,9H2,1H3. The average Bonchev–Trinajstić information content (AvgIpc) is 3.14. The van der Waals surface area contributed by atoms with Gasteiger partial charge in [-0.3, -0.25) is 0 Å². The SMILES string of the molecule is CCCCN(c1cccnc1C#N)C1CC1. The maximum absolute atomic E-state index is 9.06. The molecule has 0 atom stereocenters. The molecule has 1 fully saturated rings. The third-order valence-corrected chi connectivity index (χ3v) is 2.94. The molecule has 0 aromatic carbocycles. The maximum Gasteiger partial charge on any atom is 0.163 e. The molecule has 0 N–H and O–H groups in total. The van der Waals surface area contributed by atoms with Crippen LogP contribution in [-0.4, -0.2) is 17.6 Å². The van der Waals surface area contributed by atoms with E-state index in [-0.39, 0.29) is 0 Å². The van der Waals surface area contributed by atoms with Gasteiger partial charge in [-0.25, -0.2) is 4.98 Å². The molecule has 0 saturated heterocycles. The van der Waals surface area contributed by atoms with Crippen molar-refractivity contribution in [1.29, 1.82) is 5.26 Å². The molecule has 1 saturated carbocycles. The maximum atomic E-state index is 9.06. The molecule has 1 aliphatic carbocycles. The number of anilines is 1. The molecule has 2 rings (SSSR count). The lowest BCUT2D eigenvalue weighted by Gasteiger charge is -2.24. The first-order valence-electron chi connectivity index (χ1n) is 5.98. The van der Waals surface area contributed by atoms with Gasteiger partial charge in [0.15, 0.2) is 5.69 Å². The molecule has 84 valence electrons. The van der Waals surface area contributed by atoms with Crippen LogP contribution in [0, 0.1) is 11.3 Å². The molecule has 3 heteroatoms. The van der Waals surface area contributed by atoms with Crippen molar-refractivity contribution in [2.75, 3.05) is 11.4 Å². The first-order valence-corrected chi connectivity index (χ1v) is 5.98. The fourth-order valence-corrected chi connectivity index (χ4v) is 1.93. The van der Waals surface area contributed by atoms with Crippen LogP contribution in [0.5, 0.6) is 0 Å². The minimum atomic E-state index is 0.561. The molecule has 1 aromatic heterocycles. The third-order valence-electron chi connectivity index (χ3n) is 2.94. The molecule has 1 aromatic rings. The molecule has 0 aliphatic heterocycles. The van der Waals surface area contributed by atoms with Crippen LogP contribution >= 0.6 is 0 Å². The number of hydrogen-bond donors (Lipinski definition) is 0. The monoisotopic (exact) mass is 215 g/mol. The highest BCUT2D eigenvalue weighted by Gasteiger charge is 2.30. The normalized spacial score (nSPS) is 14.5. The van der Waals surface area contributed by atoms with Gasteiger partial charge in [0, 0.05) is 18.8 Å². The van der Waals surface area contributed by atoms with E-state index in [2.05, 4.69) is 22.9 Å². The smallest absolute Gasteiger partial charge is 0.163 e. The number of unbranched alkanes of at least 4 members (excludes halogenated alkanes) is 1. The molecule has 16 heavy (non-hydrogen) atoms. The van der Waals surface area contributed by atoms with Crippen molar-refractivity contribution in [3.05, 3.63) is 24.0 Å². The molecule has 3 nitrogen and oxygen atoms in total. The van der Waals surface area contributed by atoms with Crippen molar-refractivity contribution in [2.45, 2.75) is 38.6 Å². The largest absolute Gasteiger partial charge is 0.366 e. The van der Waals surface area contributed by atoms with Crippen molar-refractivity contribution in [2.24, 2.45) is 0 Å². The van der Waals surface area contributed by atoms with Crippen LogP contribution in [0.2, 0.25) is 0 Å². The predicted octanol–water partition coefficient (Wildman–Crippen LogP) is 2.72. The number of aromatic nitrogens is 1. The zero-order chi connectivity index (χ0) is 11.4. The molecule has 0 amide bonds. The summed E-state index contributed by atoms with van der Waals surface area (Å²) >= 11 is 0. The summed E-state index contributed by atoms with van der Waals surface area (Å²) in [5.41, 5.74) is 1.58. The summed E-state index contributed by atoms with van der Waals surface area (Å²) in [6.07, 6.45) is 6.56. The van der Waals surface area contributed by atoms with E-state index in [9.17, 15) is 0 Å². The van der Waals surface area contributed by atoms with Crippen LogP contribution in [0.3, 0.4) is 0 Å². The van der Waals surface area contributed by atoms with Crippen molar-refractivity contribution in [3.63, 3.8) is 0 Å². The van der Waals surface area contributed by atoms with Gasteiger partial charge in [-0.15, -0.1) is 0 Å². The van der Waals surface area contributed by atoms with E-state index in [1.54, 1.807) is 6.20 Å². The Kier molecular flexibility index (Phi) is 3.40. The van der Waals surface area contributed by atoms with Crippen LogP contribution in [0.4, 0.5) is 5.69 Å². The van der Waals surface area contributed by atoms with E-state index in [4.69, 9.17) is 5.26 Å². The topological polar surface area (TPSA) is 39.9 Å². The highest BCUT2D eigenvalue weighted by atomic mass is 15.2. The van der Waals surface area contributed by atoms with E-state index >= 15 is 0 Å². The molecule has 1 heterocycles. The Hall–Kier alpha value is -1.56. The third kappa shape index (κ3) is 2.33. The van der Waals surface area contributed by atoms with Crippen molar-refractivity contribution < 1.29 is 0 Å². The Morgan fingerprint density at radius 3 is 3.00 bits per heavy atom. The summed E-state index contributed by atoms with van der Waals surface area (Å²) in [4.78, 5) is 6.49. The van der Waals surface area contributed by atoms with Crippen LogP contribution in [-0.2, 0) is 0 Å². The molecule has 0 radical (unpaired) electrons. The Bertz CT molecular complexity index is 390. The lowest BCUT2D eigenvalue weighted by atomic mass is 10.2. The summed E-state index contributed by atoms with van der Waals surface area (Å²) in [7, 11) is 0. The van der Waals surface area contributed by atoms with Gasteiger partial charge in [-0.2, -0.15) is 5.26 Å². The second-order valence-corrected chi connectivity index (χ2v) is 4.26. The van der Waals surface area contributed by atoms with Gasteiger partial charge >= 0.3 is 0 Å². The van der Waals surface area contributed by atoms with Gasteiger partial charge < -0.3 is 4.90 Å². The lowest BCUT2D eigenvalue weighted by Crippen LogP contribution is -2.27. The van der Waals surface area contributed by atoms with E-state index in [1.165, 1.54) is 25.7 Å². The van der Waals surface area contributed by atoms with Gasteiger partial charge in [-0.1, -0.05) is 13.3 Å². The second kappa shape index (κ2) is 4.98. The number of pyridine rings is 1. The van der Waals surface area contributed by atoms with Crippen LogP contribution in [0.1, 0.15) is 38.3 Å². The summed E-state index contributed by atoms with van der Waals surface area (Å²) in [6.45, 7) is 3.24. The first-order chi connectivity index (χ1) is 7.86. The van der Waals surface area contributed by atoms with E-state index < -0.39 is 0 Å². The van der Waals surface area contributed by atoms with E-state index in [0.29, 0.717) is 11.7 Å². The van der Waals surface area contributed by atoms with Crippen molar-refractivity contribution in [3.8, 4) is 6.07 Å². The Balaban J connectivity index is 2.20. The van der Waals surface area contributed by atoms with Crippen LogP contribution in [0.25, 0.3) is 0 Å². The van der Waals surface area contributed by atoms with Gasteiger partial charge in [0.25, 0.3) is 0 Å². The summed E-state index contributed by atoms with van der Waals surface area (Å²) in [5, 5.41) is 9.06. The quantitative estimate of drug-likeness (QED) is 0.758. The minimum Gasteiger partial charge on any atom is -0.366 e. The number of rotatable bonds is 5. The fraction of sp³-hybridized carbons (Fsp3) is 0.538. The highest BCUT2D eigenvalue weighted by molar-refractivity contribution is 5.57. The molecular formula is C13H17N3. The molecule has 1 aliphatic rings. The highest BCUT2D eigenvalue weighted by Crippen LogP contribution is 2.32. The first kappa shape index (κ1) is 10.9. The van der Waals surface area contributed by atoms with Crippen molar-refractivity contribution in [1.82, 2.24) is 4.98 Å². The summed E-state index contributed by atoms with van der Waals surface area (Å²) in [5.74, 6) is 0. The molecule has 0 unspecified atom stereocenters. The fourth-order valence-electron chi connectivity index (χ4n) is 1.93. The number of nitriles is 1. The number of nitrogens with zero attached hydrogens (tertiary/aromatic N) is 3.